The fraction of sp³-hybridized carbons (Fsp3) is 0.667. The summed E-state index contributed by atoms with van der Waals surface area (Å²) in [5.41, 5.74) is 0.564. The monoisotopic (exact) mass is 673 g/mol. The molecule has 2 heterocycles. The normalized spacial score (nSPS) is 27.0. The van der Waals surface area contributed by atoms with Crippen LogP contribution in [0, 0.1) is 23.7 Å². The van der Waals surface area contributed by atoms with Crippen LogP contribution in [-0.4, -0.2) is 85.4 Å². The number of carboxylic acids is 1. The van der Waals surface area contributed by atoms with Gasteiger partial charge >= 0.3 is 12.1 Å². The number of likely N-dealkylation sites (N-methyl/N-ethyl adjacent to an activating group) is 1. The van der Waals surface area contributed by atoms with E-state index in [1.807, 2.05) is 7.05 Å². The van der Waals surface area contributed by atoms with Gasteiger partial charge in [-0.1, -0.05) is 0 Å². The molecule has 2 amide bonds. The van der Waals surface area contributed by atoms with E-state index < -0.39 is 30.4 Å². The predicted molar refractivity (Wildman–Crippen MR) is 180 cm³/mol. The molecule has 3 unspecified atom stereocenters. The number of alkyl carbamates (subject to hydrolysis) is 1. The maximum atomic E-state index is 13.2. The standard InChI is InChI=1S/C22H28N2O5.C14H24FNO3/c1-24-10-9-17(13-3-6-16(28-2)7-4-13)20(24)21(25)23-15-5-8-18-14(11-15)12-19(29-18)22(26)27;1-14(2,3)19-13(18)16-12(8-15)11-6-4-10(9-17)5-7-11/h5,8,11-13,16-17,20H,3-4,6-7,9-10H2,1-2H3,(H,23,25)(H,26,27);9-12H,4-8H2,1-3H3,(H,16,18). The number of nitrogens with zero attached hydrogens (tertiary/aromatic N) is 1. The van der Waals surface area contributed by atoms with Crippen LogP contribution in [0.5, 0.6) is 0 Å². The summed E-state index contributed by atoms with van der Waals surface area (Å²) in [7, 11) is 3.80. The molecule has 5 rings (SSSR count). The van der Waals surface area contributed by atoms with Crippen LogP contribution >= 0.6 is 0 Å². The van der Waals surface area contributed by atoms with Crippen LogP contribution < -0.4 is 10.6 Å². The molecule has 0 bridgehead atoms. The Balaban J connectivity index is 0.000000239. The molecule has 1 saturated heterocycles. The summed E-state index contributed by atoms with van der Waals surface area (Å²) in [6.45, 7) is 5.64. The Hall–Kier alpha value is -3.51. The van der Waals surface area contributed by atoms with Crippen molar-refractivity contribution in [3.63, 3.8) is 0 Å². The van der Waals surface area contributed by atoms with E-state index in [-0.39, 0.29) is 29.5 Å². The minimum absolute atomic E-state index is 0.00479. The zero-order valence-electron chi connectivity index (χ0n) is 28.8. The van der Waals surface area contributed by atoms with Crippen molar-refractivity contribution < 1.29 is 42.6 Å². The number of hydrogen-bond donors (Lipinski definition) is 3. The number of carbonyl (C=O) groups excluding carboxylic acids is 3. The first-order valence-electron chi connectivity index (χ1n) is 17.1. The number of amides is 2. The number of carboxylic acid groups (broad SMARTS) is 1. The molecule has 0 spiro atoms. The van der Waals surface area contributed by atoms with E-state index in [0.29, 0.717) is 34.6 Å². The predicted octanol–water partition coefficient (Wildman–Crippen LogP) is 6.45. The molecule has 2 aliphatic carbocycles. The van der Waals surface area contributed by atoms with E-state index in [1.54, 1.807) is 46.1 Å². The van der Waals surface area contributed by atoms with Crippen LogP contribution in [0.2, 0.25) is 0 Å². The number of hydrogen-bond acceptors (Lipinski definition) is 8. The molecular weight excluding hydrogens is 621 g/mol. The lowest BCUT2D eigenvalue weighted by molar-refractivity contribution is -0.121. The largest absolute Gasteiger partial charge is 0.475 e. The maximum Gasteiger partial charge on any atom is 0.407 e. The van der Waals surface area contributed by atoms with Crippen LogP contribution in [0.15, 0.2) is 28.7 Å². The SMILES string of the molecule is CC(C)(C)OC(=O)NC(CF)C1CCC(C=O)CC1.COC1CCC(C2CCN(C)C2C(=O)Nc2ccc3oc(C(=O)O)cc3c2)CC1. The molecule has 266 valence electrons. The van der Waals surface area contributed by atoms with Crippen molar-refractivity contribution in [1.29, 1.82) is 0 Å². The number of likely N-dealkylation sites (tertiary alicyclic amines) is 1. The van der Waals surface area contributed by atoms with Crippen molar-refractivity contribution >= 4 is 40.9 Å². The molecule has 11 nitrogen and oxygen atoms in total. The van der Waals surface area contributed by atoms with Gasteiger partial charge in [0.05, 0.1) is 18.2 Å². The number of benzene rings is 1. The molecule has 3 N–H and O–H groups in total. The third-order valence-corrected chi connectivity index (χ3v) is 10.1. The van der Waals surface area contributed by atoms with Gasteiger partial charge in [-0.05, 0) is 134 Å². The van der Waals surface area contributed by atoms with Crippen molar-refractivity contribution in [2.45, 2.75) is 102 Å². The average molecular weight is 674 g/mol. The lowest BCUT2D eigenvalue weighted by Gasteiger charge is -2.34. The van der Waals surface area contributed by atoms with E-state index in [1.165, 1.54) is 6.07 Å². The molecule has 2 saturated carbocycles. The number of aromatic carboxylic acids is 1. The second kappa shape index (κ2) is 16.7. The highest BCUT2D eigenvalue weighted by molar-refractivity contribution is 5.98. The van der Waals surface area contributed by atoms with Gasteiger partial charge in [-0.25, -0.2) is 14.0 Å². The number of halogens is 1. The number of furan rings is 1. The highest BCUT2D eigenvalue weighted by Crippen LogP contribution is 2.39. The van der Waals surface area contributed by atoms with E-state index in [4.69, 9.17) is 19.0 Å². The zero-order chi connectivity index (χ0) is 35.0. The molecule has 3 atom stereocenters. The van der Waals surface area contributed by atoms with E-state index >= 15 is 0 Å². The Morgan fingerprint density at radius 3 is 2.33 bits per heavy atom. The first-order valence-corrected chi connectivity index (χ1v) is 17.1. The molecule has 1 aromatic carbocycles. The topological polar surface area (TPSA) is 147 Å². The van der Waals surface area contributed by atoms with Crippen LogP contribution in [0.3, 0.4) is 0 Å². The summed E-state index contributed by atoms with van der Waals surface area (Å²) in [5.74, 6) is -0.112. The van der Waals surface area contributed by atoms with Gasteiger partial charge in [0.25, 0.3) is 0 Å². The fourth-order valence-corrected chi connectivity index (χ4v) is 7.48. The van der Waals surface area contributed by atoms with Crippen LogP contribution in [0.25, 0.3) is 11.0 Å². The lowest BCUT2D eigenvalue weighted by Crippen LogP contribution is -2.45. The molecule has 48 heavy (non-hydrogen) atoms. The van der Waals surface area contributed by atoms with Gasteiger partial charge in [0.1, 0.15) is 24.1 Å². The molecule has 3 aliphatic rings. The Labute approximate surface area is 282 Å². The number of alkyl halides is 1. The first kappa shape index (κ1) is 37.3. The van der Waals surface area contributed by atoms with Crippen molar-refractivity contribution in [3.05, 3.63) is 30.0 Å². The number of nitrogens with one attached hydrogen (secondary N) is 2. The van der Waals surface area contributed by atoms with Crippen molar-refractivity contribution in [2.24, 2.45) is 23.7 Å². The number of aldehydes is 1. The number of ether oxygens (including phenoxy) is 2. The number of methoxy groups -OCH3 is 1. The molecule has 3 fully saturated rings. The molecule has 1 aromatic heterocycles. The Kier molecular flexibility index (Phi) is 13.0. The average Bonchev–Trinajstić information content (AvgIpc) is 3.67. The smallest absolute Gasteiger partial charge is 0.407 e. The van der Waals surface area contributed by atoms with Crippen molar-refractivity contribution in [3.8, 4) is 0 Å². The summed E-state index contributed by atoms with van der Waals surface area (Å²) in [6, 6.07) is 6.03. The number of anilines is 1. The molecule has 1 aliphatic heterocycles. The second-order valence-electron chi connectivity index (χ2n) is 14.5. The Bertz CT molecular complexity index is 1390. The van der Waals surface area contributed by atoms with Gasteiger partial charge in [-0.15, -0.1) is 0 Å². The van der Waals surface area contributed by atoms with Crippen LogP contribution in [-0.2, 0) is 19.1 Å². The third-order valence-electron chi connectivity index (χ3n) is 10.1. The minimum atomic E-state index is -1.11. The molecule has 0 radical (unpaired) electrons. The number of fused-ring (bicyclic) bond motifs is 1. The molecular formula is C36H52FN3O8. The van der Waals surface area contributed by atoms with Crippen molar-refractivity contribution in [1.82, 2.24) is 10.2 Å². The quantitative estimate of drug-likeness (QED) is 0.256. The molecule has 2 aromatic rings. The van der Waals surface area contributed by atoms with E-state index in [2.05, 4.69) is 15.5 Å². The van der Waals surface area contributed by atoms with Gasteiger partial charge in [-0.3, -0.25) is 9.69 Å². The highest BCUT2D eigenvalue weighted by Gasteiger charge is 2.42. The van der Waals surface area contributed by atoms with Gasteiger partial charge in [0, 0.05) is 24.1 Å². The first-order chi connectivity index (χ1) is 22.8. The summed E-state index contributed by atoms with van der Waals surface area (Å²) >= 11 is 0. The lowest BCUT2D eigenvalue weighted by atomic mass is 9.75. The molecule has 12 heteroatoms. The number of rotatable bonds is 9. The summed E-state index contributed by atoms with van der Waals surface area (Å²) in [5, 5.41) is 15.4. The van der Waals surface area contributed by atoms with Gasteiger partial charge in [0.15, 0.2) is 0 Å². The number of carbonyl (C=O) groups is 4. The van der Waals surface area contributed by atoms with E-state index in [0.717, 1.165) is 70.6 Å². The third kappa shape index (κ3) is 10.0. The Morgan fingerprint density at radius 1 is 1.06 bits per heavy atom. The Morgan fingerprint density at radius 2 is 1.75 bits per heavy atom. The van der Waals surface area contributed by atoms with Crippen LogP contribution in [0.1, 0.15) is 89.1 Å². The fourth-order valence-electron chi connectivity index (χ4n) is 7.48. The van der Waals surface area contributed by atoms with Gasteiger partial charge in [-0.2, -0.15) is 0 Å². The summed E-state index contributed by atoms with van der Waals surface area (Å²) in [4.78, 5) is 48.7. The van der Waals surface area contributed by atoms with Crippen LogP contribution in [0.4, 0.5) is 14.9 Å². The van der Waals surface area contributed by atoms with Crippen molar-refractivity contribution in [2.75, 3.05) is 32.7 Å². The minimum Gasteiger partial charge on any atom is -0.475 e. The summed E-state index contributed by atoms with van der Waals surface area (Å²) in [6.07, 6.45) is 9.25. The van der Waals surface area contributed by atoms with Gasteiger partial charge in [0.2, 0.25) is 11.7 Å². The summed E-state index contributed by atoms with van der Waals surface area (Å²) < 4.78 is 29.0. The zero-order valence-corrected chi connectivity index (χ0v) is 28.8. The van der Waals surface area contributed by atoms with E-state index in [9.17, 15) is 23.6 Å². The maximum absolute atomic E-state index is 13.2. The van der Waals surface area contributed by atoms with Gasteiger partial charge < -0.3 is 34.4 Å². The highest BCUT2D eigenvalue weighted by atomic mass is 19.1. The second-order valence-corrected chi connectivity index (χ2v) is 14.5.